The zero-order chi connectivity index (χ0) is 29.1. The van der Waals surface area contributed by atoms with Gasteiger partial charge in [-0.2, -0.15) is 13.2 Å². The van der Waals surface area contributed by atoms with Crippen molar-refractivity contribution in [1.29, 1.82) is 0 Å². The number of nitrogens with zero attached hydrogens (tertiary/aromatic N) is 5. The molecule has 0 bridgehead atoms. The molecular formula is C26H21F3N8O2S2. The number of rotatable bonds is 8. The number of tetrazole rings is 1. The summed E-state index contributed by atoms with van der Waals surface area (Å²) in [6.45, 7) is 3.79. The summed E-state index contributed by atoms with van der Waals surface area (Å²) in [4.78, 5) is 35.8. The predicted octanol–water partition coefficient (Wildman–Crippen LogP) is 5.28. The van der Waals surface area contributed by atoms with Gasteiger partial charge in [-0.15, -0.1) is 27.8 Å². The molecule has 0 unspecified atom stereocenters. The average molecular weight is 599 g/mol. The lowest BCUT2D eigenvalue weighted by Crippen LogP contribution is -2.38. The number of carbonyl (C=O) groups excluding carboxylic acids is 2. The third kappa shape index (κ3) is 6.63. The van der Waals surface area contributed by atoms with Gasteiger partial charge in [0.2, 0.25) is 5.91 Å². The third-order valence-corrected chi connectivity index (χ3v) is 7.71. The number of aromatic amines is 1. The normalized spacial score (nSPS) is 12.2. The van der Waals surface area contributed by atoms with Gasteiger partial charge in [0.1, 0.15) is 0 Å². The van der Waals surface area contributed by atoms with E-state index in [-0.39, 0.29) is 23.4 Å². The van der Waals surface area contributed by atoms with Crippen LogP contribution in [0, 0.1) is 13.8 Å². The summed E-state index contributed by atoms with van der Waals surface area (Å²) >= 11 is 2.75. The maximum atomic E-state index is 13.9. The first-order valence-corrected chi connectivity index (χ1v) is 13.8. The van der Waals surface area contributed by atoms with Crippen LogP contribution < -0.4 is 10.6 Å². The van der Waals surface area contributed by atoms with Gasteiger partial charge in [-0.25, -0.2) is 15.1 Å². The van der Waals surface area contributed by atoms with Crippen molar-refractivity contribution in [3.63, 3.8) is 0 Å². The van der Waals surface area contributed by atoms with Crippen LogP contribution in [0.3, 0.4) is 0 Å². The summed E-state index contributed by atoms with van der Waals surface area (Å²) in [5.74, 6) is -1.23. The lowest BCUT2D eigenvalue weighted by atomic mass is 10.0. The van der Waals surface area contributed by atoms with Crippen LogP contribution in [-0.2, 0) is 11.2 Å². The van der Waals surface area contributed by atoms with Gasteiger partial charge >= 0.3 is 6.18 Å². The van der Waals surface area contributed by atoms with E-state index < -0.39 is 24.0 Å². The average Bonchev–Trinajstić information content (AvgIpc) is 3.68. The molecule has 15 heteroatoms. The molecule has 3 N–H and O–H groups in total. The zero-order valence-corrected chi connectivity index (χ0v) is 23.1. The summed E-state index contributed by atoms with van der Waals surface area (Å²) in [5.41, 5.74) is 2.01. The summed E-state index contributed by atoms with van der Waals surface area (Å²) in [6.07, 6.45) is -4.93. The molecule has 5 rings (SSSR count). The van der Waals surface area contributed by atoms with Gasteiger partial charge in [-0.3, -0.25) is 9.59 Å². The Bertz CT molecular complexity index is 1680. The van der Waals surface area contributed by atoms with E-state index in [9.17, 15) is 22.8 Å². The van der Waals surface area contributed by atoms with Crippen molar-refractivity contribution in [2.24, 2.45) is 0 Å². The number of carbonyl (C=O) groups is 2. The Morgan fingerprint density at radius 1 is 1.07 bits per heavy atom. The maximum absolute atomic E-state index is 13.9. The number of alkyl halides is 3. The van der Waals surface area contributed by atoms with E-state index in [1.807, 2.05) is 19.2 Å². The number of nitrogens with one attached hydrogen (secondary N) is 3. The number of thiazole rings is 2. The molecule has 0 spiro atoms. The quantitative estimate of drug-likeness (QED) is 0.221. The number of hydrogen-bond donors (Lipinski definition) is 3. The number of halogens is 3. The summed E-state index contributed by atoms with van der Waals surface area (Å²) in [6, 6.07) is 9.12. The topological polar surface area (TPSA) is 138 Å². The van der Waals surface area contributed by atoms with Crippen LogP contribution in [0.5, 0.6) is 0 Å². The van der Waals surface area contributed by atoms with Crippen LogP contribution in [-0.4, -0.2) is 48.6 Å². The van der Waals surface area contributed by atoms with Crippen LogP contribution in [0.15, 0.2) is 53.9 Å². The van der Waals surface area contributed by atoms with E-state index in [0.29, 0.717) is 22.0 Å². The molecule has 5 aromatic rings. The first kappa shape index (κ1) is 28.0. The van der Waals surface area contributed by atoms with Crippen molar-refractivity contribution < 1.29 is 22.8 Å². The molecule has 0 saturated heterocycles. The van der Waals surface area contributed by atoms with Gasteiger partial charge in [0, 0.05) is 16.5 Å². The van der Waals surface area contributed by atoms with E-state index in [1.54, 1.807) is 12.1 Å². The van der Waals surface area contributed by atoms with Crippen molar-refractivity contribution in [3.8, 4) is 22.0 Å². The second-order valence-electron chi connectivity index (χ2n) is 8.94. The summed E-state index contributed by atoms with van der Waals surface area (Å²) in [7, 11) is 0. The highest BCUT2D eigenvalue weighted by atomic mass is 32.1. The molecule has 210 valence electrons. The highest BCUT2D eigenvalue weighted by Crippen LogP contribution is 2.34. The largest absolute Gasteiger partial charge is 0.412 e. The van der Waals surface area contributed by atoms with Crippen LogP contribution >= 0.6 is 22.7 Å². The fraction of sp³-hybridized carbons (Fsp3) is 0.192. The molecule has 0 aliphatic heterocycles. The molecule has 0 radical (unpaired) electrons. The van der Waals surface area contributed by atoms with Crippen LogP contribution in [0.1, 0.15) is 38.2 Å². The van der Waals surface area contributed by atoms with Crippen molar-refractivity contribution in [3.05, 3.63) is 81.3 Å². The maximum Gasteiger partial charge on any atom is 0.412 e. The minimum Gasteiger partial charge on any atom is -0.337 e. The van der Waals surface area contributed by atoms with Crippen molar-refractivity contribution in [2.45, 2.75) is 32.5 Å². The molecular weight excluding hydrogens is 577 g/mol. The van der Waals surface area contributed by atoms with Gasteiger partial charge in [-0.1, -0.05) is 30.3 Å². The number of aromatic nitrogens is 6. The Hall–Kier alpha value is -4.50. The van der Waals surface area contributed by atoms with Gasteiger partial charge in [0.15, 0.2) is 17.0 Å². The molecule has 2 aromatic carbocycles. The Labute approximate surface area is 239 Å². The number of anilines is 1. The SMILES string of the molecule is Cc1nc(C)c(-c2csc(NC(=O)Cc3cc(C(=O)N[C@H](c4ccccc4)C(F)(F)F)cc(-c4nnn[nH]4)c3)n2)s1. The van der Waals surface area contributed by atoms with E-state index in [4.69, 9.17) is 0 Å². The minimum atomic E-state index is -4.74. The second-order valence-corrected chi connectivity index (χ2v) is 11.0. The fourth-order valence-corrected chi connectivity index (χ4v) is 5.78. The smallest absolute Gasteiger partial charge is 0.337 e. The van der Waals surface area contributed by atoms with E-state index in [0.717, 1.165) is 15.6 Å². The van der Waals surface area contributed by atoms with Gasteiger partial charge < -0.3 is 10.6 Å². The molecule has 0 fully saturated rings. The molecule has 41 heavy (non-hydrogen) atoms. The standard InChI is InChI=1S/C26H21F3N8O2S2/c1-13-21(41-14(2)30-13)19-12-40-25(31-19)32-20(38)10-15-8-17(23-34-36-37-35-23)11-18(9-15)24(39)33-22(26(27,28)29)16-6-4-3-5-7-16/h3-9,11-12,22H,10H2,1-2H3,(H,33,39)(H,31,32,38)(H,34,35,36,37)/t22-/m1/s1. The Balaban J connectivity index is 1.38. The molecule has 0 saturated carbocycles. The molecule has 3 heterocycles. The summed E-state index contributed by atoms with van der Waals surface area (Å²) in [5, 5.41) is 21.3. The fourth-order valence-electron chi connectivity index (χ4n) is 4.11. The highest BCUT2D eigenvalue weighted by molar-refractivity contribution is 7.16. The predicted molar refractivity (Wildman–Crippen MR) is 147 cm³/mol. The van der Waals surface area contributed by atoms with Crippen molar-refractivity contribution in [1.82, 2.24) is 35.9 Å². The van der Waals surface area contributed by atoms with Crippen molar-refractivity contribution >= 4 is 39.6 Å². The molecule has 1 atom stereocenters. The van der Waals surface area contributed by atoms with Crippen LogP contribution in [0.25, 0.3) is 22.0 Å². The number of H-pyrrole nitrogens is 1. The minimum absolute atomic E-state index is 0.0977. The number of aryl methyl sites for hydroxylation is 2. The lowest BCUT2D eigenvalue weighted by molar-refractivity contribution is -0.155. The van der Waals surface area contributed by atoms with E-state index in [2.05, 4.69) is 41.2 Å². The molecule has 10 nitrogen and oxygen atoms in total. The lowest BCUT2D eigenvalue weighted by Gasteiger charge is -2.22. The summed E-state index contributed by atoms with van der Waals surface area (Å²) < 4.78 is 41.6. The Kier molecular flexibility index (Phi) is 7.90. The van der Waals surface area contributed by atoms with Crippen LogP contribution in [0.4, 0.5) is 18.3 Å². The van der Waals surface area contributed by atoms with Gasteiger partial charge in [-0.05, 0) is 53.6 Å². The van der Waals surface area contributed by atoms with Gasteiger partial charge in [0.05, 0.1) is 27.7 Å². The molecule has 0 aliphatic rings. The number of hydrogen-bond acceptors (Lipinski definition) is 9. The first-order valence-electron chi connectivity index (χ1n) is 12.1. The van der Waals surface area contributed by atoms with E-state index in [1.165, 1.54) is 59.1 Å². The zero-order valence-electron chi connectivity index (χ0n) is 21.5. The Morgan fingerprint density at radius 2 is 1.85 bits per heavy atom. The Morgan fingerprint density at radius 3 is 2.51 bits per heavy atom. The molecule has 3 aromatic heterocycles. The van der Waals surface area contributed by atoms with E-state index >= 15 is 0 Å². The van der Waals surface area contributed by atoms with Crippen LogP contribution in [0.2, 0.25) is 0 Å². The van der Waals surface area contributed by atoms with Gasteiger partial charge in [0.25, 0.3) is 5.91 Å². The first-order chi connectivity index (χ1) is 19.6. The monoisotopic (exact) mass is 598 g/mol. The second kappa shape index (κ2) is 11.5. The third-order valence-electron chi connectivity index (χ3n) is 5.86. The number of benzene rings is 2. The highest BCUT2D eigenvalue weighted by Gasteiger charge is 2.42. The van der Waals surface area contributed by atoms with Crippen molar-refractivity contribution in [2.75, 3.05) is 5.32 Å². The molecule has 0 aliphatic carbocycles. The molecule has 2 amide bonds. The number of amides is 2.